The fourth-order valence-electron chi connectivity index (χ4n) is 2.14. The third kappa shape index (κ3) is 2.51. The summed E-state index contributed by atoms with van der Waals surface area (Å²) in [6.07, 6.45) is 1.07. The number of carboxylic acids is 1. The van der Waals surface area contributed by atoms with Crippen molar-refractivity contribution in [2.24, 2.45) is 0 Å². The Morgan fingerprint density at radius 3 is 2.63 bits per heavy atom. The average Bonchev–Trinajstić information content (AvgIpc) is 2.94. The van der Waals surface area contributed by atoms with Crippen LogP contribution in [-0.4, -0.2) is 52.7 Å². The van der Waals surface area contributed by atoms with Gasteiger partial charge in [0.15, 0.2) is 0 Å². The number of carbonyl (C=O) groups is 1. The van der Waals surface area contributed by atoms with Crippen molar-refractivity contribution in [3.8, 4) is 0 Å². The molecule has 0 unspecified atom stereocenters. The largest absolute Gasteiger partial charge is 0.477 e. The van der Waals surface area contributed by atoms with E-state index in [1.54, 1.807) is 6.92 Å². The van der Waals surface area contributed by atoms with E-state index < -0.39 is 22.1 Å². The van der Waals surface area contributed by atoms with Crippen LogP contribution in [0, 0.1) is 0 Å². The fraction of sp³-hybridized carbons (Fsp3) is 0.545. The monoisotopic (exact) mass is 288 g/mol. The zero-order valence-corrected chi connectivity index (χ0v) is 11.3. The summed E-state index contributed by atoms with van der Waals surface area (Å²) < 4.78 is 27.1. The molecule has 0 aromatic carbocycles. The predicted octanol–water partition coefficient (Wildman–Crippen LogP) is -0.0385. The van der Waals surface area contributed by atoms with E-state index in [0.29, 0.717) is 13.0 Å². The van der Waals surface area contributed by atoms with Crippen LogP contribution < -0.4 is 0 Å². The minimum Gasteiger partial charge on any atom is -0.477 e. The lowest BCUT2D eigenvalue weighted by atomic mass is 10.3. The quantitative estimate of drug-likeness (QED) is 0.810. The van der Waals surface area contributed by atoms with Gasteiger partial charge in [-0.3, -0.25) is 0 Å². The molecule has 0 saturated carbocycles. The summed E-state index contributed by atoms with van der Waals surface area (Å²) in [6.45, 7) is 2.42. The molecule has 106 valence electrons. The van der Waals surface area contributed by atoms with E-state index in [2.05, 4.69) is 0 Å². The minimum absolute atomic E-state index is 0.0409. The molecular weight excluding hydrogens is 272 g/mol. The lowest BCUT2D eigenvalue weighted by Gasteiger charge is -2.14. The van der Waals surface area contributed by atoms with E-state index in [9.17, 15) is 18.3 Å². The van der Waals surface area contributed by atoms with Gasteiger partial charge in [-0.05, 0) is 19.4 Å². The molecule has 2 rings (SSSR count). The number of hydrogen-bond acceptors (Lipinski definition) is 4. The van der Waals surface area contributed by atoms with Crippen LogP contribution in [0.4, 0.5) is 0 Å². The van der Waals surface area contributed by atoms with Crippen molar-refractivity contribution >= 4 is 16.0 Å². The zero-order valence-electron chi connectivity index (χ0n) is 10.5. The SMILES string of the molecule is CCn1cc(S(=O)(=O)N2CC[C@@H](O)C2)cc1C(=O)O. The average molecular weight is 288 g/mol. The van der Waals surface area contributed by atoms with Gasteiger partial charge in [0.1, 0.15) is 10.6 Å². The van der Waals surface area contributed by atoms with Crippen LogP contribution in [0.15, 0.2) is 17.2 Å². The maximum atomic E-state index is 12.3. The van der Waals surface area contributed by atoms with Gasteiger partial charge >= 0.3 is 5.97 Å². The molecule has 19 heavy (non-hydrogen) atoms. The molecule has 0 bridgehead atoms. The number of aromatic carboxylic acids is 1. The first kappa shape index (κ1) is 14.0. The van der Waals surface area contributed by atoms with Gasteiger partial charge in [-0.2, -0.15) is 4.31 Å². The smallest absolute Gasteiger partial charge is 0.352 e. The zero-order chi connectivity index (χ0) is 14.2. The number of aromatic nitrogens is 1. The Morgan fingerprint density at radius 2 is 2.21 bits per heavy atom. The van der Waals surface area contributed by atoms with Crippen molar-refractivity contribution in [1.82, 2.24) is 8.87 Å². The summed E-state index contributed by atoms with van der Waals surface area (Å²) >= 11 is 0. The molecule has 1 aromatic heterocycles. The van der Waals surface area contributed by atoms with E-state index in [0.717, 1.165) is 6.07 Å². The number of carboxylic acid groups (broad SMARTS) is 1. The highest BCUT2D eigenvalue weighted by atomic mass is 32.2. The topological polar surface area (TPSA) is 99.8 Å². The number of hydrogen-bond donors (Lipinski definition) is 2. The molecule has 1 fully saturated rings. The second-order valence-corrected chi connectivity index (χ2v) is 6.40. The molecule has 1 saturated heterocycles. The Hall–Kier alpha value is -1.38. The Balaban J connectivity index is 2.38. The molecule has 1 aliphatic rings. The molecule has 1 aromatic rings. The van der Waals surface area contributed by atoms with Gasteiger partial charge in [0.25, 0.3) is 0 Å². The molecule has 0 aliphatic carbocycles. The second-order valence-electron chi connectivity index (χ2n) is 4.46. The number of aliphatic hydroxyl groups excluding tert-OH is 1. The minimum atomic E-state index is -3.73. The number of aliphatic hydroxyl groups is 1. The van der Waals surface area contributed by atoms with Crippen molar-refractivity contribution in [2.75, 3.05) is 13.1 Å². The molecule has 1 aliphatic heterocycles. The first-order valence-electron chi connectivity index (χ1n) is 5.98. The molecule has 1 atom stereocenters. The highest BCUT2D eigenvalue weighted by Crippen LogP contribution is 2.23. The fourth-order valence-corrected chi connectivity index (χ4v) is 3.68. The normalized spacial score (nSPS) is 20.8. The predicted molar refractivity (Wildman–Crippen MR) is 66.4 cm³/mol. The van der Waals surface area contributed by atoms with E-state index in [1.807, 2.05) is 0 Å². The Morgan fingerprint density at radius 1 is 1.53 bits per heavy atom. The van der Waals surface area contributed by atoms with Gasteiger partial charge < -0.3 is 14.8 Å². The highest BCUT2D eigenvalue weighted by Gasteiger charge is 2.33. The number of rotatable bonds is 4. The van der Waals surface area contributed by atoms with Crippen molar-refractivity contribution in [1.29, 1.82) is 0 Å². The standard InChI is InChI=1S/C11H16N2O5S/c1-2-12-7-9(5-10(12)11(15)16)19(17,18)13-4-3-8(14)6-13/h5,7-8,14H,2-4,6H2,1H3,(H,15,16)/t8-/m1/s1. The van der Waals surface area contributed by atoms with Crippen molar-refractivity contribution in [2.45, 2.75) is 30.9 Å². The third-order valence-corrected chi connectivity index (χ3v) is 5.03. The van der Waals surface area contributed by atoms with Gasteiger partial charge in [-0.1, -0.05) is 0 Å². The highest BCUT2D eigenvalue weighted by molar-refractivity contribution is 7.89. The van der Waals surface area contributed by atoms with Crippen LogP contribution in [0.3, 0.4) is 0 Å². The van der Waals surface area contributed by atoms with Crippen molar-refractivity contribution < 1.29 is 23.4 Å². The summed E-state index contributed by atoms with van der Waals surface area (Å²) in [5.74, 6) is -1.16. The molecule has 2 heterocycles. The number of nitrogens with zero attached hydrogens (tertiary/aromatic N) is 2. The maximum absolute atomic E-state index is 12.3. The number of β-amino-alcohol motifs (C(OH)–C–C–N with tert-alkyl or cyclic N) is 1. The van der Waals surface area contributed by atoms with Crippen LogP contribution in [0.1, 0.15) is 23.8 Å². The number of aryl methyl sites for hydroxylation is 1. The lowest BCUT2D eigenvalue weighted by Crippen LogP contribution is -2.29. The van der Waals surface area contributed by atoms with Crippen LogP contribution >= 0.6 is 0 Å². The molecular formula is C11H16N2O5S. The maximum Gasteiger partial charge on any atom is 0.352 e. The van der Waals surface area contributed by atoms with Crippen LogP contribution in [0.5, 0.6) is 0 Å². The van der Waals surface area contributed by atoms with E-state index in [1.165, 1.54) is 15.1 Å². The Kier molecular flexibility index (Phi) is 3.66. The van der Waals surface area contributed by atoms with Crippen molar-refractivity contribution in [3.63, 3.8) is 0 Å². The summed E-state index contributed by atoms with van der Waals surface area (Å²) in [7, 11) is -3.73. The number of sulfonamides is 1. The summed E-state index contributed by atoms with van der Waals surface area (Å²) in [6, 6.07) is 1.16. The first-order valence-corrected chi connectivity index (χ1v) is 7.42. The summed E-state index contributed by atoms with van der Waals surface area (Å²) in [4.78, 5) is 11.0. The van der Waals surface area contributed by atoms with E-state index in [4.69, 9.17) is 5.11 Å². The summed E-state index contributed by atoms with van der Waals surface area (Å²) in [5.41, 5.74) is -0.0548. The molecule has 0 spiro atoms. The van der Waals surface area contributed by atoms with Crippen LogP contribution in [0.25, 0.3) is 0 Å². The van der Waals surface area contributed by atoms with E-state index in [-0.39, 0.29) is 23.7 Å². The van der Waals surface area contributed by atoms with E-state index >= 15 is 0 Å². The molecule has 0 radical (unpaired) electrons. The van der Waals surface area contributed by atoms with Gasteiger partial charge in [-0.15, -0.1) is 0 Å². The first-order chi connectivity index (χ1) is 8.86. The summed E-state index contributed by atoms with van der Waals surface area (Å²) in [5, 5.41) is 18.4. The molecule has 7 nitrogen and oxygen atoms in total. The van der Waals surface area contributed by atoms with Gasteiger partial charge in [-0.25, -0.2) is 13.2 Å². The van der Waals surface area contributed by atoms with Crippen molar-refractivity contribution in [3.05, 3.63) is 18.0 Å². The van der Waals surface area contributed by atoms with Gasteiger partial charge in [0.05, 0.1) is 6.10 Å². The second kappa shape index (κ2) is 4.95. The lowest BCUT2D eigenvalue weighted by molar-refractivity contribution is 0.0685. The van der Waals surface area contributed by atoms with Gasteiger partial charge in [0, 0.05) is 25.8 Å². The third-order valence-electron chi connectivity index (χ3n) is 3.20. The Bertz CT molecular complexity index is 592. The van der Waals surface area contributed by atoms with Crippen LogP contribution in [-0.2, 0) is 16.6 Å². The molecule has 0 amide bonds. The van der Waals surface area contributed by atoms with Crippen LogP contribution in [0.2, 0.25) is 0 Å². The molecule has 2 N–H and O–H groups in total. The Labute approximate surface area is 111 Å². The van der Waals surface area contributed by atoms with Gasteiger partial charge in [0.2, 0.25) is 10.0 Å². The molecule has 8 heteroatoms.